The molecule has 1 atom stereocenters. The minimum absolute atomic E-state index is 0.0907. The third kappa shape index (κ3) is 3.51. The van der Waals surface area contributed by atoms with Gasteiger partial charge in [0.15, 0.2) is 0 Å². The number of nitrogens with one attached hydrogen (secondary N) is 1. The average molecular weight is 327 g/mol. The Hall–Kier alpha value is -2.14. The van der Waals surface area contributed by atoms with Crippen molar-refractivity contribution in [3.63, 3.8) is 0 Å². The van der Waals surface area contributed by atoms with Crippen LogP contribution >= 0.6 is 0 Å². The lowest BCUT2D eigenvalue weighted by atomic mass is 10.1. The quantitative estimate of drug-likeness (QED) is 0.917. The first-order valence-corrected chi connectivity index (χ1v) is 8.61. The van der Waals surface area contributed by atoms with Crippen LogP contribution in [0.25, 0.3) is 11.5 Å². The van der Waals surface area contributed by atoms with Gasteiger partial charge in [-0.05, 0) is 45.4 Å². The van der Waals surface area contributed by atoms with Gasteiger partial charge in [-0.2, -0.15) is 0 Å². The summed E-state index contributed by atoms with van der Waals surface area (Å²) in [6.07, 6.45) is 0.910. The molecule has 3 rings (SSSR count). The molecule has 1 N–H and O–H groups in total. The predicted molar refractivity (Wildman–Crippen MR) is 93.5 cm³/mol. The number of benzene rings is 1. The molecule has 5 heteroatoms. The molecule has 0 saturated carbocycles. The zero-order valence-corrected chi connectivity index (χ0v) is 14.6. The molecule has 24 heavy (non-hydrogen) atoms. The Morgan fingerprint density at radius 2 is 2.17 bits per heavy atom. The highest BCUT2D eigenvalue weighted by Gasteiger charge is 2.29. The van der Waals surface area contributed by atoms with Crippen molar-refractivity contribution in [2.75, 3.05) is 19.6 Å². The van der Waals surface area contributed by atoms with E-state index < -0.39 is 0 Å². The molecule has 0 radical (unpaired) electrons. The molecule has 0 aliphatic carbocycles. The molecule has 5 nitrogen and oxygen atoms in total. The SMILES string of the molecule is CCNC(=O)[C@@H]1CCN(Cc2nc(-c3ccccc3C)oc2C)C1. The summed E-state index contributed by atoms with van der Waals surface area (Å²) in [5, 5.41) is 2.92. The molecule has 1 amide bonds. The minimum Gasteiger partial charge on any atom is -0.441 e. The summed E-state index contributed by atoms with van der Waals surface area (Å²) in [6.45, 7) is 9.12. The van der Waals surface area contributed by atoms with Gasteiger partial charge in [0, 0.05) is 25.2 Å². The maximum Gasteiger partial charge on any atom is 0.226 e. The van der Waals surface area contributed by atoms with Crippen LogP contribution in [0.3, 0.4) is 0 Å². The third-order valence-corrected chi connectivity index (χ3v) is 4.64. The highest BCUT2D eigenvalue weighted by atomic mass is 16.4. The Bertz CT molecular complexity index is 723. The molecule has 1 aliphatic heterocycles. The van der Waals surface area contributed by atoms with E-state index in [4.69, 9.17) is 9.40 Å². The van der Waals surface area contributed by atoms with Crippen molar-refractivity contribution in [2.45, 2.75) is 33.7 Å². The van der Waals surface area contributed by atoms with E-state index in [1.807, 2.05) is 32.0 Å². The Labute approximate surface area is 143 Å². The van der Waals surface area contributed by atoms with Crippen molar-refractivity contribution in [1.29, 1.82) is 0 Å². The van der Waals surface area contributed by atoms with Crippen molar-refractivity contribution in [3.8, 4) is 11.5 Å². The van der Waals surface area contributed by atoms with Crippen LogP contribution in [0.2, 0.25) is 0 Å². The van der Waals surface area contributed by atoms with Gasteiger partial charge >= 0.3 is 0 Å². The van der Waals surface area contributed by atoms with Gasteiger partial charge in [-0.3, -0.25) is 9.69 Å². The van der Waals surface area contributed by atoms with Crippen LogP contribution in [-0.2, 0) is 11.3 Å². The van der Waals surface area contributed by atoms with Gasteiger partial charge < -0.3 is 9.73 Å². The number of nitrogens with zero attached hydrogens (tertiary/aromatic N) is 2. The topological polar surface area (TPSA) is 58.4 Å². The van der Waals surface area contributed by atoms with Crippen LogP contribution in [0.4, 0.5) is 0 Å². The largest absolute Gasteiger partial charge is 0.441 e. The first-order valence-electron chi connectivity index (χ1n) is 8.61. The molecule has 0 spiro atoms. The molecule has 1 fully saturated rings. The number of carbonyl (C=O) groups excluding carboxylic acids is 1. The smallest absolute Gasteiger partial charge is 0.226 e. The minimum atomic E-state index is 0.0907. The van der Waals surface area contributed by atoms with E-state index >= 15 is 0 Å². The molecule has 0 unspecified atom stereocenters. The Morgan fingerprint density at radius 1 is 1.38 bits per heavy atom. The second-order valence-electron chi connectivity index (χ2n) is 6.45. The molecule has 0 bridgehead atoms. The second-order valence-corrected chi connectivity index (χ2v) is 6.45. The summed E-state index contributed by atoms with van der Waals surface area (Å²) >= 11 is 0. The number of rotatable bonds is 5. The maximum absolute atomic E-state index is 12.0. The summed E-state index contributed by atoms with van der Waals surface area (Å²) in [5.74, 6) is 1.79. The van der Waals surface area contributed by atoms with Crippen molar-refractivity contribution in [1.82, 2.24) is 15.2 Å². The number of hydrogen-bond donors (Lipinski definition) is 1. The summed E-state index contributed by atoms with van der Waals surface area (Å²) in [4.78, 5) is 19.0. The summed E-state index contributed by atoms with van der Waals surface area (Å²) in [7, 11) is 0. The molecule has 2 aromatic rings. The van der Waals surface area contributed by atoms with Crippen LogP contribution in [0.1, 0.15) is 30.4 Å². The molecule has 128 valence electrons. The van der Waals surface area contributed by atoms with Gasteiger partial charge in [-0.25, -0.2) is 4.98 Å². The molecule has 1 aliphatic rings. The average Bonchev–Trinajstić information content (AvgIpc) is 3.16. The highest BCUT2D eigenvalue weighted by molar-refractivity contribution is 5.79. The number of aromatic nitrogens is 1. The molecule has 2 heterocycles. The van der Waals surface area contributed by atoms with Crippen molar-refractivity contribution < 1.29 is 9.21 Å². The Morgan fingerprint density at radius 3 is 2.92 bits per heavy atom. The van der Waals surface area contributed by atoms with Crippen molar-refractivity contribution in [2.24, 2.45) is 5.92 Å². The van der Waals surface area contributed by atoms with Gasteiger partial charge in [-0.1, -0.05) is 18.2 Å². The van der Waals surface area contributed by atoms with E-state index in [9.17, 15) is 4.79 Å². The van der Waals surface area contributed by atoms with E-state index in [0.717, 1.165) is 48.6 Å². The number of likely N-dealkylation sites (tertiary alicyclic amines) is 1. The molecule has 1 aromatic heterocycles. The molecular weight excluding hydrogens is 302 g/mol. The monoisotopic (exact) mass is 327 g/mol. The number of aryl methyl sites for hydroxylation is 2. The maximum atomic E-state index is 12.0. The lowest BCUT2D eigenvalue weighted by molar-refractivity contribution is -0.124. The lowest BCUT2D eigenvalue weighted by Gasteiger charge is -2.14. The fraction of sp³-hybridized carbons (Fsp3) is 0.474. The fourth-order valence-electron chi connectivity index (χ4n) is 3.22. The van der Waals surface area contributed by atoms with Crippen LogP contribution < -0.4 is 5.32 Å². The highest BCUT2D eigenvalue weighted by Crippen LogP contribution is 2.26. The first kappa shape index (κ1) is 16.7. The van der Waals surface area contributed by atoms with E-state index in [0.29, 0.717) is 12.4 Å². The zero-order valence-electron chi connectivity index (χ0n) is 14.6. The second kappa shape index (κ2) is 7.18. The van der Waals surface area contributed by atoms with E-state index in [2.05, 4.69) is 23.2 Å². The van der Waals surface area contributed by atoms with Gasteiger partial charge in [0.2, 0.25) is 11.8 Å². The summed E-state index contributed by atoms with van der Waals surface area (Å²) in [6, 6.07) is 8.11. The van der Waals surface area contributed by atoms with Gasteiger partial charge in [0.05, 0.1) is 11.6 Å². The molecule has 1 aromatic carbocycles. The van der Waals surface area contributed by atoms with Gasteiger partial charge in [0.1, 0.15) is 5.76 Å². The molecular formula is C19H25N3O2. The standard InChI is InChI=1S/C19H25N3O2/c1-4-20-18(23)15-9-10-22(11-15)12-17-14(3)24-19(21-17)16-8-6-5-7-13(16)2/h5-8,15H,4,9-12H2,1-3H3,(H,20,23)/t15-/m1/s1. The number of oxazole rings is 1. The zero-order chi connectivity index (χ0) is 17.1. The number of hydrogen-bond acceptors (Lipinski definition) is 4. The summed E-state index contributed by atoms with van der Waals surface area (Å²) < 4.78 is 5.89. The van der Waals surface area contributed by atoms with Crippen molar-refractivity contribution in [3.05, 3.63) is 41.3 Å². The predicted octanol–water partition coefficient (Wildman–Crippen LogP) is 2.92. The third-order valence-electron chi connectivity index (χ3n) is 4.64. The van der Waals surface area contributed by atoms with Crippen LogP contribution in [-0.4, -0.2) is 35.4 Å². The molecule has 1 saturated heterocycles. The van der Waals surface area contributed by atoms with Gasteiger partial charge in [-0.15, -0.1) is 0 Å². The summed E-state index contributed by atoms with van der Waals surface area (Å²) in [5.41, 5.74) is 3.15. The normalized spacial score (nSPS) is 18.0. The van der Waals surface area contributed by atoms with Crippen LogP contribution in [0, 0.1) is 19.8 Å². The Kier molecular flexibility index (Phi) is 5.00. The van der Waals surface area contributed by atoms with E-state index in [-0.39, 0.29) is 11.8 Å². The number of amides is 1. The Balaban J connectivity index is 1.69. The first-order chi connectivity index (χ1) is 11.6. The lowest BCUT2D eigenvalue weighted by Crippen LogP contribution is -2.32. The van der Waals surface area contributed by atoms with E-state index in [1.54, 1.807) is 0 Å². The number of carbonyl (C=O) groups is 1. The van der Waals surface area contributed by atoms with Crippen LogP contribution in [0.15, 0.2) is 28.7 Å². The van der Waals surface area contributed by atoms with E-state index in [1.165, 1.54) is 0 Å². The fourth-order valence-corrected chi connectivity index (χ4v) is 3.22. The van der Waals surface area contributed by atoms with Gasteiger partial charge in [0.25, 0.3) is 0 Å². The van der Waals surface area contributed by atoms with Crippen molar-refractivity contribution >= 4 is 5.91 Å². The van der Waals surface area contributed by atoms with Crippen LogP contribution in [0.5, 0.6) is 0 Å².